The van der Waals surface area contributed by atoms with Crippen LogP contribution in [0, 0.1) is 6.92 Å². The first-order valence-electron chi connectivity index (χ1n) is 7.71. The Morgan fingerprint density at radius 2 is 1.96 bits per heavy atom. The molecule has 0 spiro atoms. The number of hydrogen-bond donors (Lipinski definition) is 1. The quantitative estimate of drug-likeness (QED) is 0.877. The van der Waals surface area contributed by atoms with Crippen LogP contribution < -0.4 is 9.46 Å². The lowest BCUT2D eigenvalue weighted by atomic mass is 10.3. The van der Waals surface area contributed by atoms with Crippen LogP contribution in [0.2, 0.25) is 0 Å². The molecule has 6 nitrogen and oxygen atoms in total. The fourth-order valence-corrected chi connectivity index (χ4v) is 3.59. The van der Waals surface area contributed by atoms with Crippen LogP contribution in [0.1, 0.15) is 37.3 Å². The summed E-state index contributed by atoms with van der Waals surface area (Å²) in [7, 11) is -3.60. The van der Waals surface area contributed by atoms with E-state index in [4.69, 9.17) is 9.15 Å². The summed E-state index contributed by atoms with van der Waals surface area (Å²) in [5.74, 6) is 1.69. The summed E-state index contributed by atoms with van der Waals surface area (Å²) in [6.45, 7) is 1.78. The number of ether oxygens (including phenoxy) is 1. The maximum Gasteiger partial charge on any atom is 0.241 e. The van der Waals surface area contributed by atoms with E-state index in [0.717, 1.165) is 12.8 Å². The molecular weight excluding hydrogens is 316 g/mol. The van der Waals surface area contributed by atoms with Gasteiger partial charge in [0.1, 0.15) is 11.5 Å². The third kappa shape index (κ3) is 4.11. The van der Waals surface area contributed by atoms with Crippen molar-refractivity contribution in [2.24, 2.45) is 0 Å². The summed E-state index contributed by atoms with van der Waals surface area (Å²) in [6, 6.07) is 6.49. The second kappa shape index (κ2) is 6.72. The molecule has 0 atom stereocenters. The van der Waals surface area contributed by atoms with E-state index >= 15 is 0 Å². The normalized spacial score (nSPS) is 15.9. The Hall–Kier alpha value is -1.86. The Labute approximate surface area is 135 Å². The molecular formula is C16H20N2O4S. The number of aromatic nitrogens is 1. The topological polar surface area (TPSA) is 81.4 Å². The average Bonchev–Trinajstić information content (AvgIpc) is 3.18. The summed E-state index contributed by atoms with van der Waals surface area (Å²) < 4.78 is 38.1. The van der Waals surface area contributed by atoms with Gasteiger partial charge in [-0.3, -0.25) is 0 Å². The van der Waals surface area contributed by atoms with Crippen LogP contribution in [-0.2, 0) is 16.6 Å². The van der Waals surface area contributed by atoms with Crippen LogP contribution in [0.15, 0.2) is 39.8 Å². The molecule has 3 rings (SSSR count). The first-order valence-corrected chi connectivity index (χ1v) is 9.19. The molecule has 1 fully saturated rings. The van der Waals surface area contributed by atoms with Gasteiger partial charge in [0.25, 0.3) is 0 Å². The van der Waals surface area contributed by atoms with Crippen LogP contribution in [0.3, 0.4) is 0 Å². The molecule has 2 aromatic rings. The van der Waals surface area contributed by atoms with Gasteiger partial charge in [-0.1, -0.05) is 0 Å². The molecule has 0 aliphatic heterocycles. The van der Waals surface area contributed by atoms with Crippen molar-refractivity contribution in [3.05, 3.63) is 42.1 Å². The van der Waals surface area contributed by atoms with Gasteiger partial charge in [0, 0.05) is 0 Å². The van der Waals surface area contributed by atoms with Gasteiger partial charge in [0.05, 0.1) is 23.7 Å². The minimum Gasteiger partial charge on any atom is -0.490 e. The van der Waals surface area contributed by atoms with E-state index in [9.17, 15) is 8.42 Å². The molecule has 1 aromatic carbocycles. The molecule has 0 radical (unpaired) electrons. The predicted molar refractivity (Wildman–Crippen MR) is 84.6 cm³/mol. The number of nitrogens with zero attached hydrogens (tertiary/aromatic N) is 1. The number of hydrogen-bond acceptors (Lipinski definition) is 5. The zero-order valence-corrected chi connectivity index (χ0v) is 13.8. The Kier molecular flexibility index (Phi) is 4.68. The highest BCUT2D eigenvalue weighted by atomic mass is 32.2. The van der Waals surface area contributed by atoms with Crippen LogP contribution >= 0.6 is 0 Å². The number of sulfonamides is 1. The van der Waals surface area contributed by atoms with Crippen LogP contribution in [0.4, 0.5) is 0 Å². The van der Waals surface area contributed by atoms with E-state index in [0.29, 0.717) is 17.4 Å². The average molecular weight is 336 g/mol. The van der Waals surface area contributed by atoms with E-state index in [1.54, 1.807) is 37.4 Å². The summed E-state index contributed by atoms with van der Waals surface area (Å²) in [5, 5.41) is 0. The van der Waals surface area contributed by atoms with Crippen molar-refractivity contribution in [1.82, 2.24) is 9.71 Å². The summed E-state index contributed by atoms with van der Waals surface area (Å²) in [4.78, 5) is 4.16. The standard InChI is InChI=1S/C16H20N2O4S/c1-12-10-17-16(21-12)11-18-23(19,20)15-8-6-14(7-9-15)22-13-4-2-3-5-13/h6-10,13,18H,2-5,11H2,1H3. The van der Waals surface area contributed by atoms with E-state index in [1.165, 1.54) is 12.8 Å². The van der Waals surface area contributed by atoms with Gasteiger partial charge < -0.3 is 9.15 Å². The number of nitrogens with one attached hydrogen (secondary N) is 1. The van der Waals surface area contributed by atoms with Gasteiger partial charge in [-0.2, -0.15) is 0 Å². The van der Waals surface area contributed by atoms with Crippen molar-refractivity contribution in [2.45, 2.75) is 50.2 Å². The number of benzene rings is 1. The van der Waals surface area contributed by atoms with Gasteiger partial charge in [-0.25, -0.2) is 18.1 Å². The van der Waals surface area contributed by atoms with Gasteiger partial charge in [0.15, 0.2) is 0 Å². The number of rotatable bonds is 6. The highest BCUT2D eigenvalue weighted by molar-refractivity contribution is 7.89. The predicted octanol–water partition coefficient (Wildman–Crippen LogP) is 2.78. The lowest BCUT2D eigenvalue weighted by molar-refractivity contribution is 0.210. The Morgan fingerprint density at radius 3 is 2.57 bits per heavy atom. The third-order valence-electron chi connectivity index (χ3n) is 3.82. The molecule has 1 aliphatic carbocycles. The van der Waals surface area contributed by atoms with Crippen molar-refractivity contribution in [3.63, 3.8) is 0 Å². The zero-order valence-electron chi connectivity index (χ0n) is 13.0. The second-order valence-corrected chi connectivity index (χ2v) is 7.45. The molecule has 0 unspecified atom stereocenters. The summed E-state index contributed by atoms with van der Waals surface area (Å²) >= 11 is 0. The van der Waals surface area contributed by atoms with Crippen LogP contribution in [0.5, 0.6) is 5.75 Å². The van der Waals surface area contributed by atoms with E-state index in [1.807, 2.05) is 0 Å². The second-order valence-electron chi connectivity index (χ2n) is 5.68. The Balaban J connectivity index is 1.62. The minimum atomic E-state index is -3.60. The molecule has 1 aromatic heterocycles. The highest BCUT2D eigenvalue weighted by Crippen LogP contribution is 2.24. The molecule has 0 saturated heterocycles. The maximum absolute atomic E-state index is 12.2. The number of aryl methyl sites for hydroxylation is 1. The summed E-state index contributed by atoms with van der Waals surface area (Å²) in [5.41, 5.74) is 0. The molecule has 1 N–H and O–H groups in total. The van der Waals surface area contributed by atoms with E-state index in [2.05, 4.69) is 9.71 Å². The Bertz CT molecular complexity index is 747. The van der Waals surface area contributed by atoms with Crippen molar-refractivity contribution in [3.8, 4) is 5.75 Å². The lowest BCUT2D eigenvalue weighted by Crippen LogP contribution is -2.23. The first-order chi connectivity index (χ1) is 11.0. The molecule has 7 heteroatoms. The molecule has 1 saturated carbocycles. The first kappa shape index (κ1) is 16.0. The van der Waals surface area contributed by atoms with E-state index < -0.39 is 10.0 Å². The smallest absolute Gasteiger partial charge is 0.241 e. The lowest BCUT2D eigenvalue weighted by Gasteiger charge is -2.13. The van der Waals surface area contributed by atoms with Gasteiger partial charge in [-0.15, -0.1) is 0 Å². The third-order valence-corrected chi connectivity index (χ3v) is 5.24. The Morgan fingerprint density at radius 1 is 1.26 bits per heavy atom. The largest absolute Gasteiger partial charge is 0.490 e. The molecule has 0 bridgehead atoms. The maximum atomic E-state index is 12.2. The fraction of sp³-hybridized carbons (Fsp3) is 0.438. The van der Waals surface area contributed by atoms with Gasteiger partial charge in [0.2, 0.25) is 15.9 Å². The van der Waals surface area contributed by atoms with Crippen molar-refractivity contribution < 1.29 is 17.6 Å². The highest BCUT2D eigenvalue weighted by Gasteiger charge is 2.18. The fourth-order valence-electron chi connectivity index (χ4n) is 2.62. The van der Waals surface area contributed by atoms with Crippen LogP contribution in [-0.4, -0.2) is 19.5 Å². The summed E-state index contributed by atoms with van der Waals surface area (Å²) in [6.07, 6.45) is 6.33. The SMILES string of the molecule is Cc1cnc(CNS(=O)(=O)c2ccc(OC3CCCC3)cc2)o1. The minimum absolute atomic E-state index is 0.0243. The van der Waals surface area contributed by atoms with Crippen LogP contribution in [0.25, 0.3) is 0 Å². The van der Waals surface area contributed by atoms with Crippen molar-refractivity contribution >= 4 is 10.0 Å². The molecule has 23 heavy (non-hydrogen) atoms. The molecule has 0 amide bonds. The van der Waals surface area contributed by atoms with Gasteiger partial charge >= 0.3 is 0 Å². The monoisotopic (exact) mass is 336 g/mol. The van der Waals surface area contributed by atoms with E-state index in [-0.39, 0.29) is 17.5 Å². The number of oxazole rings is 1. The zero-order chi connectivity index (χ0) is 16.3. The molecule has 124 valence electrons. The van der Waals surface area contributed by atoms with Crippen molar-refractivity contribution in [1.29, 1.82) is 0 Å². The van der Waals surface area contributed by atoms with Gasteiger partial charge in [-0.05, 0) is 56.9 Å². The molecule has 1 heterocycles. The molecule has 1 aliphatic rings. The van der Waals surface area contributed by atoms with Crippen molar-refractivity contribution in [2.75, 3.05) is 0 Å².